The van der Waals surface area contributed by atoms with E-state index in [-0.39, 0.29) is 29.7 Å². The van der Waals surface area contributed by atoms with Crippen molar-refractivity contribution in [1.82, 2.24) is 19.9 Å². The predicted octanol–water partition coefficient (Wildman–Crippen LogP) is 4.12. The molecule has 2 heterocycles. The lowest BCUT2D eigenvalue weighted by Gasteiger charge is -2.19. The second-order valence-electron chi connectivity index (χ2n) is 8.17. The zero-order valence-corrected chi connectivity index (χ0v) is 18.4. The molecule has 158 valence electrons. The van der Waals surface area contributed by atoms with E-state index < -0.39 is 0 Å². The Morgan fingerprint density at radius 1 is 1.03 bits per heavy atom. The summed E-state index contributed by atoms with van der Waals surface area (Å²) in [5.74, 6) is -0.488. The minimum atomic E-state index is -0.390. The maximum absolute atomic E-state index is 12.3. The summed E-state index contributed by atoms with van der Waals surface area (Å²) in [6.07, 6.45) is 0. The molecule has 0 aliphatic heterocycles. The molecule has 4 rings (SSSR count). The van der Waals surface area contributed by atoms with Gasteiger partial charge in [0, 0.05) is 16.5 Å². The molecule has 4 aromatic rings. The first-order chi connectivity index (χ1) is 14.8. The lowest BCUT2D eigenvalue weighted by molar-refractivity contribution is -0.115. The number of fused-ring (bicyclic) bond motifs is 1. The Hall–Kier alpha value is -3.52. The molecular weight excluding hydrogens is 410 g/mol. The molecule has 2 aromatic heterocycles. The number of nitrogens with one attached hydrogen (secondary N) is 2. The van der Waals surface area contributed by atoms with Gasteiger partial charge in [-0.05, 0) is 23.1 Å². The van der Waals surface area contributed by atoms with Gasteiger partial charge in [-0.2, -0.15) is 4.98 Å². The van der Waals surface area contributed by atoms with Crippen LogP contribution in [0, 0.1) is 0 Å². The van der Waals surface area contributed by atoms with Crippen LogP contribution in [0.5, 0.6) is 0 Å². The van der Waals surface area contributed by atoms with Crippen LogP contribution >= 0.6 is 11.3 Å². The Bertz CT molecular complexity index is 1220. The molecule has 0 atom stereocenters. The average molecular weight is 434 g/mol. The van der Waals surface area contributed by atoms with E-state index in [1.807, 2.05) is 47.8 Å². The fourth-order valence-electron chi connectivity index (χ4n) is 3.09. The number of carbonyl (C=O) groups is 2. The monoisotopic (exact) mass is 433 g/mol. The van der Waals surface area contributed by atoms with Gasteiger partial charge in [0.2, 0.25) is 10.9 Å². The third-order valence-electron chi connectivity index (χ3n) is 4.83. The van der Waals surface area contributed by atoms with Gasteiger partial charge in [-0.15, -0.1) is 16.4 Å². The van der Waals surface area contributed by atoms with Gasteiger partial charge in [-0.3, -0.25) is 14.9 Å². The van der Waals surface area contributed by atoms with E-state index in [1.165, 1.54) is 11.3 Å². The summed E-state index contributed by atoms with van der Waals surface area (Å²) in [6, 6.07) is 17.2. The smallest absolute Gasteiger partial charge is 0.251 e. The van der Waals surface area contributed by atoms with Crippen LogP contribution in [0.4, 0.5) is 5.95 Å². The average Bonchev–Trinajstić information content (AvgIpc) is 3.32. The summed E-state index contributed by atoms with van der Waals surface area (Å²) in [4.78, 5) is 29.6. The number of amides is 2. The van der Waals surface area contributed by atoms with E-state index in [0.29, 0.717) is 10.5 Å². The molecule has 0 bridgehead atoms. The van der Waals surface area contributed by atoms with E-state index in [2.05, 4.69) is 41.5 Å². The highest BCUT2D eigenvalue weighted by atomic mass is 32.1. The zero-order chi connectivity index (χ0) is 22.0. The molecule has 0 fully saturated rings. The van der Waals surface area contributed by atoms with Crippen LogP contribution in [0.25, 0.3) is 16.2 Å². The third kappa shape index (κ3) is 4.64. The quantitative estimate of drug-likeness (QED) is 0.495. The lowest BCUT2D eigenvalue weighted by Crippen LogP contribution is -2.33. The molecule has 0 saturated carbocycles. The molecular formula is C23H23N5O2S. The molecule has 2 aromatic carbocycles. The third-order valence-corrected chi connectivity index (χ3v) is 5.64. The summed E-state index contributed by atoms with van der Waals surface area (Å²) < 4.78 is 1.70. The largest absolute Gasteiger partial charge is 0.343 e. The van der Waals surface area contributed by atoms with E-state index in [1.54, 1.807) is 16.6 Å². The maximum Gasteiger partial charge on any atom is 0.251 e. The second-order valence-corrected chi connectivity index (χ2v) is 9.01. The van der Waals surface area contributed by atoms with Crippen LogP contribution in [0.3, 0.4) is 0 Å². The first-order valence-electron chi connectivity index (χ1n) is 9.89. The molecule has 0 aliphatic carbocycles. The Labute approximate surface area is 184 Å². The number of hydrogen-bond acceptors (Lipinski definition) is 5. The van der Waals surface area contributed by atoms with Gasteiger partial charge in [-0.1, -0.05) is 63.2 Å². The predicted molar refractivity (Wildman–Crippen MR) is 122 cm³/mol. The van der Waals surface area contributed by atoms with Gasteiger partial charge in [0.1, 0.15) is 0 Å². The highest BCUT2D eigenvalue weighted by Gasteiger charge is 2.16. The van der Waals surface area contributed by atoms with E-state index in [9.17, 15) is 9.59 Å². The molecule has 0 radical (unpaired) electrons. The SMILES string of the molecule is CC(C)(C)c1ccc(C(=O)NCC(=O)Nc2nc3scc(-c4ccccc4)n3n2)cc1. The van der Waals surface area contributed by atoms with Crippen LogP contribution in [0.1, 0.15) is 36.7 Å². The number of aromatic nitrogens is 3. The van der Waals surface area contributed by atoms with Crippen molar-refractivity contribution in [3.8, 4) is 11.3 Å². The number of rotatable bonds is 5. The fraction of sp³-hybridized carbons (Fsp3) is 0.217. The van der Waals surface area contributed by atoms with Gasteiger partial charge in [0.15, 0.2) is 0 Å². The topological polar surface area (TPSA) is 88.4 Å². The van der Waals surface area contributed by atoms with Gasteiger partial charge < -0.3 is 5.32 Å². The summed E-state index contributed by atoms with van der Waals surface area (Å²) in [5, 5.41) is 11.6. The Kier molecular flexibility index (Phi) is 5.56. The van der Waals surface area contributed by atoms with Crippen LogP contribution in [0.2, 0.25) is 0 Å². The van der Waals surface area contributed by atoms with E-state index in [4.69, 9.17) is 0 Å². The van der Waals surface area contributed by atoms with Crippen molar-refractivity contribution in [2.24, 2.45) is 0 Å². The van der Waals surface area contributed by atoms with Crippen LogP contribution < -0.4 is 10.6 Å². The molecule has 31 heavy (non-hydrogen) atoms. The first kappa shape index (κ1) is 20.7. The number of nitrogens with zero attached hydrogens (tertiary/aromatic N) is 3. The van der Waals surface area contributed by atoms with Gasteiger partial charge in [0.25, 0.3) is 11.9 Å². The summed E-state index contributed by atoms with van der Waals surface area (Å²) >= 11 is 1.44. The van der Waals surface area contributed by atoms with Crippen LogP contribution in [-0.4, -0.2) is 33.0 Å². The van der Waals surface area contributed by atoms with Gasteiger partial charge in [-0.25, -0.2) is 4.52 Å². The Morgan fingerprint density at radius 3 is 2.42 bits per heavy atom. The van der Waals surface area contributed by atoms with Crippen molar-refractivity contribution in [3.63, 3.8) is 0 Å². The number of hydrogen-bond donors (Lipinski definition) is 2. The number of anilines is 1. The molecule has 8 heteroatoms. The van der Waals surface area contributed by atoms with Crippen molar-refractivity contribution >= 4 is 34.1 Å². The minimum absolute atomic E-state index is 0.0145. The van der Waals surface area contributed by atoms with Crippen molar-refractivity contribution in [2.45, 2.75) is 26.2 Å². The number of benzene rings is 2. The molecule has 0 spiro atoms. The summed E-state index contributed by atoms with van der Waals surface area (Å²) in [6.45, 7) is 6.17. The van der Waals surface area contributed by atoms with E-state index >= 15 is 0 Å². The zero-order valence-electron chi connectivity index (χ0n) is 17.5. The van der Waals surface area contributed by atoms with Gasteiger partial charge in [0.05, 0.1) is 12.2 Å². The molecule has 7 nitrogen and oxygen atoms in total. The lowest BCUT2D eigenvalue weighted by atomic mass is 9.87. The van der Waals surface area contributed by atoms with Crippen molar-refractivity contribution in [1.29, 1.82) is 0 Å². The first-order valence-corrected chi connectivity index (χ1v) is 10.8. The van der Waals surface area contributed by atoms with Crippen LogP contribution in [0.15, 0.2) is 60.0 Å². The molecule has 2 amide bonds. The molecule has 0 aliphatic rings. The van der Waals surface area contributed by atoms with Crippen LogP contribution in [-0.2, 0) is 10.2 Å². The minimum Gasteiger partial charge on any atom is -0.343 e. The Balaban J connectivity index is 1.37. The standard InChI is InChI=1S/C23H23N5O2S/c1-23(2,3)17-11-9-16(10-12-17)20(30)24-13-19(29)25-21-26-22-28(27-21)18(14-31-22)15-7-5-4-6-8-15/h4-12,14H,13H2,1-3H3,(H,24,30)(H,25,27,29). The van der Waals surface area contributed by atoms with Crippen molar-refractivity contribution < 1.29 is 9.59 Å². The highest BCUT2D eigenvalue weighted by molar-refractivity contribution is 7.15. The molecule has 0 unspecified atom stereocenters. The highest BCUT2D eigenvalue weighted by Crippen LogP contribution is 2.25. The number of thiazole rings is 1. The Morgan fingerprint density at radius 2 is 1.74 bits per heavy atom. The van der Waals surface area contributed by atoms with E-state index in [0.717, 1.165) is 16.8 Å². The summed E-state index contributed by atoms with van der Waals surface area (Å²) in [7, 11) is 0. The normalized spacial score (nSPS) is 11.5. The fourth-order valence-corrected chi connectivity index (χ4v) is 3.93. The van der Waals surface area contributed by atoms with Crippen molar-refractivity contribution in [3.05, 3.63) is 71.1 Å². The molecule has 2 N–H and O–H groups in total. The maximum atomic E-state index is 12.3. The second kappa shape index (κ2) is 8.31. The van der Waals surface area contributed by atoms with Gasteiger partial charge >= 0.3 is 0 Å². The van der Waals surface area contributed by atoms with Crippen molar-refractivity contribution in [2.75, 3.05) is 11.9 Å². The molecule has 0 saturated heterocycles. The summed E-state index contributed by atoms with van der Waals surface area (Å²) in [5.41, 5.74) is 3.58. The number of carbonyl (C=O) groups excluding carboxylic acids is 2.